The van der Waals surface area contributed by atoms with E-state index in [1.165, 1.54) is 18.2 Å². The maximum Gasteiger partial charge on any atom is 0.240 e. The number of benzene rings is 1. The summed E-state index contributed by atoms with van der Waals surface area (Å²) in [6, 6.07) is 4.98. The Bertz CT molecular complexity index is 694. The molecule has 1 unspecified atom stereocenters. The lowest BCUT2D eigenvalue weighted by molar-refractivity contribution is 0.184. The third kappa shape index (κ3) is 4.48. The summed E-state index contributed by atoms with van der Waals surface area (Å²) in [5.74, 6) is 0.364. The topological polar surface area (TPSA) is 116 Å². The molecule has 0 aliphatic carbocycles. The average Bonchev–Trinajstić information content (AvgIpc) is 2.91. The van der Waals surface area contributed by atoms with Crippen molar-refractivity contribution in [3.63, 3.8) is 0 Å². The van der Waals surface area contributed by atoms with Crippen LogP contribution in [0.2, 0.25) is 0 Å². The highest BCUT2D eigenvalue weighted by atomic mass is 32.2. The summed E-state index contributed by atoms with van der Waals surface area (Å²) in [6.45, 7) is 1.66. The number of ether oxygens (including phenoxy) is 1. The molecule has 21 heavy (non-hydrogen) atoms. The van der Waals surface area contributed by atoms with Gasteiger partial charge in [0.15, 0.2) is 0 Å². The van der Waals surface area contributed by atoms with Crippen LogP contribution in [-0.2, 0) is 24.8 Å². The first-order valence-corrected chi connectivity index (χ1v) is 9.52. The molecule has 0 saturated carbocycles. The number of nitrogens with one attached hydrogen (secondary N) is 1. The fourth-order valence-corrected chi connectivity index (χ4v) is 3.84. The highest BCUT2D eigenvalue weighted by Gasteiger charge is 2.19. The maximum atomic E-state index is 12.1. The third-order valence-corrected chi connectivity index (χ3v) is 5.68. The number of sulfonamides is 2. The van der Waals surface area contributed by atoms with Gasteiger partial charge < -0.3 is 4.74 Å². The Balaban J connectivity index is 2.05. The number of primary sulfonamides is 1. The first-order valence-electron chi connectivity index (χ1n) is 6.49. The Hall–Kier alpha value is -1.00. The molecular formula is C12H18N2O5S2. The van der Waals surface area contributed by atoms with Crippen LogP contribution in [0.15, 0.2) is 34.1 Å². The Morgan fingerprint density at radius 3 is 2.57 bits per heavy atom. The minimum Gasteiger partial charge on any atom is -0.381 e. The van der Waals surface area contributed by atoms with Gasteiger partial charge in [-0.25, -0.2) is 26.7 Å². The molecule has 1 atom stereocenters. The zero-order chi connectivity index (χ0) is 15.5. The first kappa shape index (κ1) is 16.4. The van der Waals surface area contributed by atoms with Crippen molar-refractivity contribution in [2.75, 3.05) is 19.8 Å². The van der Waals surface area contributed by atoms with Gasteiger partial charge in [-0.1, -0.05) is 6.07 Å². The van der Waals surface area contributed by atoms with E-state index in [4.69, 9.17) is 9.88 Å². The van der Waals surface area contributed by atoms with Crippen molar-refractivity contribution in [1.29, 1.82) is 0 Å². The van der Waals surface area contributed by atoms with Crippen LogP contribution in [0.25, 0.3) is 0 Å². The summed E-state index contributed by atoms with van der Waals surface area (Å²) in [4.78, 5) is -0.341. The van der Waals surface area contributed by atoms with Gasteiger partial charge in [-0.2, -0.15) is 0 Å². The molecule has 0 spiro atoms. The fraction of sp³-hybridized carbons (Fsp3) is 0.500. The van der Waals surface area contributed by atoms with Crippen molar-refractivity contribution < 1.29 is 21.6 Å². The summed E-state index contributed by atoms with van der Waals surface area (Å²) >= 11 is 0. The molecule has 2 rings (SSSR count). The van der Waals surface area contributed by atoms with E-state index in [1.807, 2.05) is 0 Å². The van der Waals surface area contributed by atoms with Gasteiger partial charge >= 0.3 is 0 Å². The number of nitrogens with two attached hydrogens (primary N) is 1. The van der Waals surface area contributed by atoms with Crippen LogP contribution in [0.1, 0.15) is 12.8 Å². The van der Waals surface area contributed by atoms with Gasteiger partial charge in [0.2, 0.25) is 20.0 Å². The molecule has 1 heterocycles. The highest BCUT2D eigenvalue weighted by molar-refractivity contribution is 7.90. The van der Waals surface area contributed by atoms with Gasteiger partial charge in [0.05, 0.1) is 9.79 Å². The van der Waals surface area contributed by atoms with Gasteiger partial charge in [-0.05, 0) is 37.0 Å². The molecule has 0 radical (unpaired) electrons. The van der Waals surface area contributed by atoms with Gasteiger partial charge in [-0.3, -0.25) is 0 Å². The van der Waals surface area contributed by atoms with Crippen LogP contribution in [0.5, 0.6) is 0 Å². The minimum atomic E-state index is -3.93. The van der Waals surface area contributed by atoms with Crippen molar-refractivity contribution in [3.05, 3.63) is 24.3 Å². The second-order valence-electron chi connectivity index (χ2n) is 4.94. The van der Waals surface area contributed by atoms with Crippen LogP contribution in [-0.4, -0.2) is 36.6 Å². The van der Waals surface area contributed by atoms with Gasteiger partial charge in [0.25, 0.3) is 0 Å². The molecule has 3 N–H and O–H groups in total. The summed E-state index contributed by atoms with van der Waals surface area (Å²) in [5, 5.41) is 4.99. The molecule has 1 fully saturated rings. The summed E-state index contributed by atoms with van der Waals surface area (Å²) in [7, 11) is -7.67. The van der Waals surface area contributed by atoms with Crippen molar-refractivity contribution >= 4 is 20.0 Å². The normalized spacial score (nSPS) is 19.8. The molecule has 1 aliphatic heterocycles. The van der Waals surface area contributed by atoms with E-state index in [2.05, 4.69) is 4.72 Å². The standard InChI is InChI=1S/C12H18N2O5S2/c13-20(15,16)11-2-1-3-12(8-11)21(17,18)14-6-4-10-5-7-19-9-10/h1-3,8,10,14H,4-7,9H2,(H2,13,15,16). The lowest BCUT2D eigenvalue weighted by Crippen LogP contribution is -2.26. The molecule has 7 nitrogen and oxygen atoms in total. The van der Waals surface area contributed by atoms with E-state index < -0.39 is 20.0 Å². The highest BCUT2D eigenvalue weighted by Crippen LogP contribution is 2.17. The quantitative estimate of drug-likeness (QED) is 0.762. The third-order valence-electron chi connectivity index (χ3n) is 3.31. The summed E-state index contributed by atoms with van der Waals surface area (Å²) in [5.41, 5.74) is 0. The van der Waals surface area contributed by atoms with E-state index in [-0.39, 0.29) is 16.3 Å². The van der Waals surface area contributed by atoms with Crippen LogP contribution in [0.4, 0.5) is 0 Å². The number of hydrogen-bond acceptors (Lipinski definition) is 5. The fourth-order valence-electron chi connectivity index (χ4n) is 2.11. The second kappa shape index (κ2) is 6.41. The lowest BCUT2D eigenvalue weighted by Gasteiger charge is -2.10. The van der Waals surface area contributed by atoms with Crippen molar-refractivity contribution in [2.24, 2.45) is 11.1 Å². The zero-order valence-electron chi connectivity index (χ0n) is 11.4. The molecule has 1 aromatic carbocycles. The Morgan fingerprint density at radius 1 is 1.24 bits per heavy atom. The largest absolute Gasteiger partial charge is 0.381 e. The molecule has 1 aromatic rings. The molecule has 0 aromatic heterocycles. The molecule has 1 aliphatic rings. The van der Waals surface area contributed by atoms with Crippen molar-refractivity contribution in [2.45, 2.75) is 22.6 Å². The predicted octanol–water partition coefficient (Wildman–Crippen LogP) is 0.0389. The van der Waals surface area contributed by atoms with Gasteiger partial charge in [0, 0.05) is 19.8 Å². The van der Waals surface area contributed by atoms with Gasteiger partial charge in [0.1, 0.15) is 0 Å². The lowest BCUT2D eigenvalue weighted by atomic mass is 10.1. The van der Waals surface area contributed by atoms with Crippen LogP contribution >= 0.6 is 0 Å². The Morgan fingerprint density at radius 2 is 1.95 bits per heavy atom. The zero-order valence-corrected chi connectivity index (χ0v) is 13.0. The van der Waals surface area contributed by atoms with E-state index in [1.54, 1.807) is 0 Å². The van der Waals surface area contributed by atoms with Crippen LogP contribution < -0.4 is 9.86 Å². The summed E-state index contributed by atoms with van der Waals surface area (Å²) < 4.78 is 54.4. The van der Waals surface area contributed by atoms with E-state index in [0.717, 1.165) is 12.5 Å². The van der Waals surface area contributed by atoms with Crippen LogP contribution in [0.3, 0.4) is 0 Å². The molecule has 118 valence electrons. The predicted molar refractivity (Wildman–Crippen MR) is 76.5 cm³/mol. The Kier molecular flexibility index (Phi) is 4.99. The molecular weight excluding hydrogens is 316 g/mol. The summed E-state index contributed by atoms with van der Waals surface area (Å²) in [6.07, 6.45) is 1.62. The molecule has 0 amide bonds. The van der Waals surface area contributed by atoms with Gasteiger partial charge in [-0.15, -0.1) is 0 Å². The first-order chi connectivity index (χ1) is 9.79. The monoisotopic (exact) mass is 334 g/mol. The Labute approximate surface area is 124 Å². The van der Waals surface area contributed by atoms with Crippen molar-refractivity contribution in [1.82, 2.24) is 4.72 Å². The SMILES string of the molecule is NS(=O)(=O)c1cccc(S(=O)(=O)NCCC2CCOC2)c1. The second-order valence-corrected chi connectivity index (χ2v) is 8.26. The number of hydrogen-bond donors (Lipinski definition) is 2. The smallest absolute Gasteiger partial charge is 0.240 e. The van der Waals surface area contributed by atoms with E-state index >= 15 is 0 Å². The molecule has 0 bridgehead atoms. The van der Waals surface area contributed by atoms with E-state index in [9.17, 15) is 16.8 Å². The van der Waals surface area contributed by atoms with E-state index in [0.29, 0.717) is 25.6 Å². The average molecular weight is 334 g/mol. The van der Waals surface area contributed by atoms with Crippen molar-refractivity contribution in [3.8, 4) is 0 Å². The molecule has 9 heteroatoms. The van der Waals surface area contributed by atoms with Crippen LogP contribution in [0, 0.1) is 5.92 Å². The minimum absolute atomic E-state index is 0.114. The number of rotatable bonds is 6. The maximum absolute atomic E-state index is 12.1. The molecule has 1 saturated heterocycles.